The molecule has 140 valence electrons. The number of nitrogens with one attached hydrogen (secondary N) is 1. The summed E-state index contributed by atoms with van der Waals surface area (Å²) in [6.45, 7) is 1.18. The number of anilines is 1. The van der Waals surface area contributed by atoms with Crippen LogP contribution >= 0.6 is 0 Å². The van der Waals surface area contributed by atoms with Gasteiger partial charge in [0.25, 0.3) is 5.91 Å². The summed E-state index contributed by atoms with van der Waals surface area (Å²) in [6.07, 6.45) is 0. The third-order valence-electron chi connectivity index (χ3n) is 3.64. The Bertz CT molecular complexity index is 1000. The van der Waals surface area contributed by atoms with Crippen molar-refractivity contribution in [2.24, 2.45) is 0 Å². The molecule has 1 heterocycles. The summed E-state index contributed by atoms with van der Waals surface area (Å²) in [7, 11) is 0. The lowest BCUT2D eigenvalue weighted by atomic mass is 10.2. The topological polar surface area (TPSA) is 64.4 Å². The van der Waals surface area contributed by atoms with Crippen molar-refractivity contribution in [1.82, 2.24) is 5.16 Å². The summed E-state index contributed by atoms with van der Waals surface area (Å²) < 4.78 is 63.7. The van der Waals surface area contributed by atoms with Gasteiger partial charge in [0.2, 0.25) is 0 Å². The molecule has 0 fully saturated rings. The number of halogens is 4. The molecule has 0 unspecified atom stereocenters. The maximum atomic E-state index is 13.7. The molecule has 0 aliphatic carbocycles. The highest BCUT2D eigenvalue weighted by molar-refractivity contribution is 6.03. The first-order valence-corrected chi connectivity index (χ1v) is 7.64. The van der Waals surface area contributed by atoms with Crippen LogP contribution in [-0.2, 0) is 6.61 Å². The van der Waals surface area contributed by atoms with Gasteiger partial charge in [-0.25, -0.2) is 17.6 Å². The van der Waals surface area contributed by atoms with E-state index in [4.69, 9.17) is 9.26 Å². The van der Waals surface area contributed by atoms with Crippen LogP contribution in [0.4, 0.5) is 23.2 Å². The molecule has 9 heteroatoms. The Kier molecular flexibility index (Phi) is 5.11. The number of aryl methyl sites for hydroxylation is 1. The van der Waals surface area contributed by atoms with E-state index in [1.807, 2.05) is 0 Å². The van der Waals surface area contributed by atoms with Crippen LogP contribution in [0, 0.1) is 30.2 Å². The van der Waals surface area contributed by atoms with Gasteiger partial charge in [0, 0.05) is 12.1 Å². The van der Waals surface area contributed by atoms with Crippen molar-refractivity contribution in [2.45, 2.75) is 13.5 Å². The fraction of sp³-hybridized carbons (Fsp3) is 0.111. The predicted molar refractivity (Wildman–Crippen MR) is 86.2 cm³/mol. The number of carbonyl (C=O) groups excluding carboxylic acids is 1. The normalized spacial score (nSPS) is 10.7. The van der Waals surface area contributed by atoms with Gasteiger partial charge in [0.05, 0.1) is 11.3 Å². The Morgan fingerprint density at radius 1 is 1.07 bits per heavy atom. The first-order chi connectivity index (χ1) is 12.8. The molecule has 3 aromatic rings. The van der Waals surface area contributed by atoms with Crippen LogP contribution in [-0.4, -0.2) is 11.1 Å². The van der Waals surface area contributed by atoms with E-state index in [0.717, 1.165) is 30.3 Å². The SMILES string of the molecule is Cc1onc(C(=O)Nc2cc(F)ccc2F)c1COc1ccc(F)cc1F. The summed E-state index contributed by atoms with van der Waals surface area (Å²) in [5.74, 6) is -4.15. The number of aromatic nitrogens is 1. The minimum absolute atomic E-state index is 0.174. The fourth-order valence-electron chi connectivity index (χ4n) is 2.26. The maximum Gasteiger partial charge on any atom is 0.278 e. The van der Waals surface area contributed by atoms with E-state index in [-0.39, 0.29) is 35.1 Å². The Hall–Kier alpha value is -3.36. The summed E-state index contributed by atoms with van der Waals surface area (Å²) in [5.41, 5.74) is -0.441. The van der Waals surface area contributed by atoms with Gasteiger partial charge in [-0.3, -0.25) is 4.79 Å². The van der Waals surface area contributed by atoms with E-state index >= 15 is 0 Å². The highest BCUT2D eigenvalue weighted by Crippen LogP contribution is 2.23. The number of nitrogens with zero attached hydrogens (tertiary/aromatic N) is 1. The van der Waals surface area contributed by atoms with Crippen molar-refractivity contribution in [2.75, 3.05) is 5.32 Å². The zero-order chi connectivity index (χ0) is 19.6. The van der Waals surface area contributed by atoms with Crippen LogP contribution in [0.1, 0.15) is 21.8 Å². The number of benzene rings is 2. The summed E-state index contributed by atoms with van der Waals surface area (Å²) in [6, 6.07) is 5.33. The molecule has 5 nitrogen and oxygen atoms in total. The average Bonchev–Trinajstić information content (AvgIpc) is 2.98. The summed E-state index contributed by atoms with van der Waals surface area (Å²) >= 11 is 0. The third kappa shape index (κ3) is 4.08. The maximum absolute atomic E-state index is 13.7. The Labute approximate surface area is 150 Å². The fourth-order valence-corrected chi connectivity index (χ4v) is 2.26. The van der Waals surface area contributed by atoms with Gasteiger partial charge in [-0.05, 0) is 31.2 Å². The molecule has 0 atom stereocenters. The number of hydrogen-bond acceptors (Lipinski definition) is 4. The molecule has 0 saturated carbocycles. The lowest BCUT2D eigenvalue weighted by Crippen LogP contribution is -2.16. The van der Waals surface area contributed by atoms with Crippen molar-refractivity contribution in [3.8, 4) is 5.75 Å². The van der Waals surface area contributed by atoms with E-state index in [9.17, 15) is 22.4 Å². The number of amides is 1. The first kappa shape index (κ1) is 18.4. The quantitative estimate of drug-likeness (QED) is 0.668. The number of ether oxygens (including phenoxy) is 1. The van der Waals surface area contributed by atoms with Crippen molar-refractivity contribution < 1.29 is 31.6 Å². The Balaban J connectivity index is 1.79. The van der Waals surface area contributed by atoms with Gasteiger partial charge in [0.15, 0.2) is 17.3 Å². The highest BCUT2D eigenvalue weighted by atomic mass is 19.1. The molecule has 1 amide bonds. The van der Waals surface area contributed by atoms with Gasteiger partial charge in [-0.15, -0.1) is 0 Å². The third-order valence-corrected chi connectivity index (χ3v) is 3.64. The summed E-state index contributed by atoms with van der Waals surface area (Å²) in [4.78, 5) is 12.3. The van der Waals surface area contributed by atoms with Gasteiger partial charge < -0.3 is 14.6 Å². The second kappa shape index (κ2) is 7.48. The van der Waals surface area contributed by atoms with Gasteiger partial charge in [-0.2, -0.15) is 0 Å². The van der Waals surface area contributed by atoms with Crippen molar-refractivity contribution in [3.63, 3.8) is 0 Å². The van der Waals surface area contributed by atoms with Crippen molar-refractivity contribution in [3.05, 3.63) is 76.7 Å². The molecule has 0 aliphatic heterocycles. The molecule has 1 aromatic heterocycles. The van der Waals surface area contributed by atoms with Gasteiger partial charge >= 0.3 is 0 Å². The molecule has 27 heavy (non-hydrogen) atoms. The number of rotatable bonds is 5. The van der Waals surface area contributed by atoms with Crippen LogP contribution in [0.3, 0.4) is 0 Å². The van der Waals surface area contributed by atoms with E-state index in [2.05, 4.69) is 10.5 Å². The van der Waals surface area contributed by atoms with Crippen LogP contribution in [0.2, 0.25) is 0 Å². The van der Waals surface area contributed by atoms with Gasteiger partial charge in [0.1, 0.15) is 29.8 Å². The molecule has 2 aromatic carbocycles. The van der Waals surface area contributed by atoms with Crippen LogP contribution < -0.4 is 10.1 Å². The minimum Gasteiger partial charge on any atom is -0.486 e. The zero-order valence-electron chi connectivity index (χ0n) is 13.9. The largest absolute Gasteiger partial charge is 0.486 e. The minimum atomic E-state index is -0.919. The second-order valence-electron chi connectivity index (χ2n) is 5.51. The molecule has 3 rings (SSSR count). The molecule has 1 N–H and O–H groups in total. The smallest absolute Gasteiger partial charge is 0.278 e. The lowest BCUT2D eigenvalue weighted by molar-refractivity contribution is 0.101. The molecule has 0 spiro atoms. The first-order valence-electron chi connectivity index (χ1n) is 7.64. The van der Waals surface area contributed by atoms with Crippen molar-refractivity contribution in [1.29, 1.82) is 0 Å². The molecule has 0 radical (unpaired) electrons. The molecular weight excluding hydrogens is 368 g/mol. The van der Waals surface area contributed by atoms with E-state index < -0.39 is 29.2 Å². The lowest BCUT2D eigenvalue weighted by Gasteiger charge is -2.08. The van der Waals surface area contributed by atoms with Crippen LogP contribution in [0.15, 0.2) is 40.9 Å². The van der Waals surface area contributed by atoms with E-state index in [1.54, 1.807) is 0 Å². The van der Waals surface area contributed by atoms with Gasteiger partial charge in [-0.1, -0.05) is 5.16 Å². The van der Waals surface area contributed by atoms with E-state index in [1.165, 1.54) is 6.92 Å². The molecule has 0 aliphatic rings. The molecule has 0 saturated heterocycles. The van der Waals surface area contributed by atoms with Crippen LogP contribution in [0.5, 0.6) is 5.75 Å². The molecule has 0 bridgehead atoms. The monoisotopic (exact) mass is 380 g/mol. The average molecular weight is 380 g/mol. The summed E-state index contributed by atoms with van der Waals surface area (Å²) in [5, 5.41) is 5.76. The Morgan fingerprint density at radius 3 is 2.52 bits per heavy atom. The Morgan fingerprint density at radius 2 is 1.78 bits per heavy atom. The number of carbonyl (C=O) groups is 1. The predicted octanol–water partition coefficient (Wildman–Crippen LogP) is 4.37. The zero-order valence-corrected chi connectivity index (χ0v) is 13.9. The van der Waals surface area contributed by atoms with Crippen molar-refractivity contribution >= 4 is 11.6 Å². The molecular formula is C18H12F4N2O3. The number of hydrogen-bond donors (Lipinski definition) is 1. The highest BCUT2D eigenvalue weighted by Gasteiger charge is 2.22. The van der Waals surface area contributed by atoms with Crippen LogP contribution in [0.25, 0.3) is 0 Å². The van der Waals surface area contributed by atoms with E-state index in [0.29, 0.717) is 6.07 Å². The standard InChI is InChI=1S/C18H12F4N2O3/c1-9-12(8-26-16-5-3-10(19)6-14(16)22)17(24-27-9)18(25)23-15-7-11(20)2-4-13(15)21/h2-7H,8H2,1H3,(H,23,25). The second-order valence-corrected chi connectivity index (χ2v) is 5.51.